The van der Waals surface area contributed by atoms with Crippen molar-refractivity contribution < 1.29 is 9.53 Å². The zero-order valence-corrected chi connectivity index (χ0v) is 11.6. The monoisotopic (exact) mass is 270 g/mol. The van der Waals surface area contributed by atoms with Crippen LogP contribution >= 0.6 is 0 Å². The summed E-state index contributed by atoms with van der Waals surface area (Å²) in [5.41, 5.74) is 10.6. The van der Waals surface area contributed by atoms with Crippen LogP contribution in [0.3, 0.4) is 0 Å². The summed E-state index contributed by atoms with van der Waals surface area (Å²) in [6, 6.07) is 7.96. The predicted molar refractivity (Wildman–Crippen MR) is 77.4 cm³/mol. The Morgan fingerprint density at radius 3 is 2.85 bits per heavy atom. The quantitative estimate of drug-likeness (QED) is 0.872. The van der Waals surface area contributed by atoms with E-state index in [9.17, 15) is 4.79 Å². The molecule has 0 aliphatic heterocycles. The number of aromatic nitrogens is 1. The van der Waals surface area contributed by atoms with Crippen LogP contribution in [0.15, 0.2) is 30.5 Å². The average Bonchev–Trinajstić information content (AvgIpc) is 3.01. The summed E-state index contributed by atoms with van der Waals surface area (Å²) in [5, 5.41) is 0. The molecule has 0 spiro atoms. The maximum absolute atomic E-state index is 12.0. The maximum atomic E-state index is 12.0. The molecule has 0 amide bonds. The van der Waals surface area contributed by atoms with E-state index in [4.69, 9.17) is 10.5 Å². The number of benzene rings is 1. The van der Waals surface area contributed by atoms with Crippen LogP contribution in [0, 0.1) is 0 Å². The van der Waals surface area contributed by atoms with E-state index in [-0.39, 0.29) is 5.97 Å². The maximum Gasteiger partial charge on any atom is 0.355 e. The molecule has 1 aliphatic rings. The highest BCUT2D eigenvalue weighted by molar-refractivity contribution is 5.89. The summed E-state index contributed by atoms with van der Waals surface area (Å²) in [6.07, 6.45) is 5.22. The standard InChI is InChI=1S/C16H18N2O2/c1-18-9-14(17)8-15(18)16(19)20-10-11-5-6-12-3-2-4-13(12)7-11/h5-9H,2-4,10,17H2,1H3. The number of carbonyl (C=O) groups excluding carboxylic acids is 1. The molecule has 4 nitrogen and oxygen atoms in total. The second-order valence-electron chi connectivity index (χ2n) is 5.30. The molecule has 1 aromatic heterocycles. The second kappa shape index (κ2) is 5.04. The number of nitrogen functional groups attached to an aromatic ring is 1. The number of aryl methyl sites for hydroxylation is 3. The molecule has 0 unspecified atom stereocenters. The number of esters is 1. The number of nitrogens with two attached hydrogens (primary N) is 1. The lowest BCUT2D eigenvalue weighted by atomic mass is 10.1. The lowest BCUT2D eigenvalue weighted by Crippen LogP contribution is -2.09. The smallest absolute Gasteiger partial charge is 0.355 e. The third kappa shape index (κ3) is 2.41. The van der Waals surface area contributed by atoms with Gasteiger partial charge in [-0.3, -0.25) is 0 Å². The molecule has 4 heteroatoms. The molecule has 0 saturated carbocycles. The number of nitrogens with zero attached hydrogens (tertiary/aromatic N) is 1. The van der Waals surface area contributed by atoms with Gasteiger partial charge in [-0.15, -0.1) is 0 Å². The summed E-state index contributed by atoms with van der Waals surface area (Å²) < 4.78 is 7.03. The highest BCUT2D eigenvalue weighted by Gasteiger charge is 2.14. The number of anilines is 1. The number of hydrogen-bond acceptors (Lipinski definition) is 3. The van der Waals surface area contributed by atoms with Gasteiger partial charge in [0.1, 0.15) is 12.3 Å². The van der Waals surface area contributed by atoms with Crippen molar-refractivity contribution in [3.8, 4) is 0 Å². The van der Waals surface area contributed by atoms with Crippen molar-refractivity contribution in [2.45, 2.75) is 25.9 Å². The Labute approximate surface area is 118 Å². The van der Waals surface area contributed by atoms with Gasteiger partial charge in [0, 0.05) is 13.2 Å². The van der Waals surface area contributed by atoms with E-state index in [2.05, 4.69) is 12.1 Å². The molecular formula is C16H18N2O2. The van der Waals surface area contributed by atoms with Crippen LogP contribution in [0.2, 0.25) is 0 Å². The van der Waals surface area contributed by atoms with E-state index in [1.54, 1.807) is 23.9 Å². The van der Waals surface area contributed by atoms with Gasteiger partial charge in [0.2, 0.25) is 0 Å². The highest BCUT2D eigenvalue weighted by Crippen LogP contribution is 2.23. The molecule has 3 rings (SSSR count). The van der Waals surface area contributed by atoms with E-state index in [0.29, 0.717) is 18.0 Å². The normalized spacial score (nSPS) is 13.2. The molecule has 20 heavy (non-hydrogen) atoms. The van der Waals surface area contributed by atoms with Crippen molar-refractivity contribution in [1.82, 2.24) is 4.57 Å². The van der Waals surface area contributed by atoms with E-state index >= 15 is 0 Å². The average molecular weight is 270 g/mol. The van der Waals surface area contributed by atoms with Gasteiger partial charge in [0.25, 0.3) is 0 Å². The zero-order chi connectivity index (χ0) is 14.1. The van der Waals surface area contributed by atoms with Gasteiger partial charge in [-0.25, -0.2) is 4.79 Å². The van der Waals surface area contributed by atoms with Gasteiger partial charge in [-0.2, -0.15) is 0 Å². The number of hydrogen-bond donors (Lipinski definition) is 1. The van der Waals surface area contributed by atoms with E-state index in [1.807, 2.05) is 6.07 Å². The van der Waals surface area contributed by atoms with Crippen molar-refractivity contribution in [2.75, 3.05) is 5.73 Å². The predicted octanol–water partition coefficient (Wildman–Crippen LogP) is 2.45. The van der Waals surface area contributed by atoms with Crippen LogP contribution in [-0.4, -0.2) is 10.5 Å². The molecule has 1 aromatic carbocycles. The van der Waals surface area contributed by atoms with Crippen LogP contribution in [0.4, 0.5) is 5.69 Å². The first kappa shape index (κ1) is 12.8. The van der Waals surface area contributed by atoms with E-state index in [0.717, 1.165) is 18.4 Å². The number of ether oxygens (including phenoxy) is 1. The lowest BCUT2D eigenvalue weighted by molar-refractivity contribution is 0.0461. The van der Waals surface area contributed by atoms with Crippen LogP contribution in [0.25, 0.3) is 0 Å². The molecule has 0 atom stereocenters. The Balaban J connectivity index is 1.67. The summed E-state index contributed by atoms with van der Waals surface area (Å²) in [5.74, 6) is -0.343. The molecule has 2 N–H and O–H groups in total. The fourth-order valence-electron chi connectivity index (χ4n) is 2.73. The largest absolute Gasteiger partial charge is 0.456 e. The fraction of sp³-hybridized carbons (Fsp3) is 0.312. The number of carbonyl (C=O) groups is 1. The summed E-state index contributed by atoms with van der Waals surface area (Å²) in [4.78, 5) is 12.0. The van der Waals surface area contributed by atoms with Crippen molar-refractivity contribution >= 4 is 11.7 Å². The van der Waals surface area contributed by atoms with Gasteiger partial charge in [-0.05, 0) is 42.0 Å². The molecule has 0 bridgehead atoms. The molecule has 0 radical (unpaired) electrons. The highest BCUT2D eigenvalue weighted by atomic mass is 16.5. The molecule has 0 saturated heterocycles. The third-order valence-electron chi connectivity index (χ3n) is 3.77. The lowest BCUT2D eigenvalue weighted by Gasteiger charge is -2.07. The van der Waals surface area contributed by atoms with Gasteiger partial charge in [-0.1, -0.05) is 18.2 Å². The molecule has 1 aliphatic carbocycles. The SMILES string of the molecule is Cn1cc(N)cc1C(=O)OCc1ccc2c(c1)CCC2. The topological polar surface area (TPSA) is 57.2 Å². The summed E-state index contributed by atoms with van der Waals surface area (Å²) in [6.45, 7) is 0.303. The Morgan fingerprint density at radius 1 is 1.30 bits per heavy atom. The van der Waals surface area contributed by atoms with Crippen LogP contribution in [-0.2, 0) is 31.2 Å². The first-order valence-electron chi connectivity index (χ1n) is 6.83. The summed E-state index contributed by atoms with van der Waals surface area (Å²) in [7, 11) is 1.78. The summed E-state index contributed by atoms with van der Waals surface area (Å²) >= 11 is 0. The fourth-order valence-corrected chi connectivity index (χ4v) is 2.73. The number of rotatable bonds is 3. The molecule has 0 fully saturated rings. The Hall–Kier alpha value is -2.23. The van der Waals surface area contributed by atoms with Gasteiger partial charge in [0.15, 0.2) is 0 Å². The van der Waals surface area contributed by atoms with Crippen LogP contribution < -0.4 is 5.73 Å². The van der Waals surface area contributed by atoms with Crippen LogP contribution in [0.5, 0.6) is 0 Å². The minimum absolute atomic E-state index is 0.303. The third-order valence-corrected chi connectivity index (χ3v) is 3.77. The van der Waals surface area contributed by atoms with Crippen molar-refractivity contribution in [2.24, 2.45) is 7.05 Å². The number of fused-ring (bicyclic) bond motifs is 1. The van der Waals surface area contributed by atoms with Crippen molar-refractivity contribution in [3.63, 3.8) is 0 Å². The minimum atomic E-state index is -0.343. The second-order valence-corrected chi connectivity index (χ2v) is 5.30. The van der Waals surface area contributed by atoms with Gasteiger partial charge in [0.05, 0.1) is 5.69 Å². The van der Waals surface area contributed by atoms with Gasteiger partial charge < -0.3 is 15.0 Å². The molecule has 1 heterocycles. The van der Waals surface area contributed by atoms with Crippen molar-refractivity contribution in [3.05, 3.63) is 52.8 Å². The zero-order valence-electron chi connectivity index (χ0n) is 11.6. The Kier molecular flexibility index (Phi) is 3.22. The molecule has 2 aromatic rings. The van der Waals surface area contributed by atoms with Crippen LogP contribution in [0.1, 0.15) is 33.6 Å². The first-order valence-corrected chi connectivity index (χ1v) is 6.83. The van der Waals surface area contributed by atoms with Crippen molar-refractivity contribution in [1.29, 1.82) is 0 Å². The molecular weight excluding hydrogens is 252 g/mol. The van der Waals surface area contributed by atoms with Gasteiger partial charge >= 0.3 is 5.97 Å². The first-order chi connectivity index (χ1) is 9.63. The van der Waals surface area contributed by atoms with E-state index in [1.165, 1.54) is 17.5 Å². The Bertz CT molecular complexity index is 658. The molecule has 104 valence electrons. The Morgan fingerprint density at radius 2 is 2.10 bits per heavy atom. The minimum Gasteiger partial charge on any atom is -0.456 e. The van der Waals surface area contributed by atoms with E-state index < -0.39 is 0 Å².